The number of hydrogen-bond donors (Lipinski definition) is 1. The van der Waals surface area contributed by atoms with Crippen molar-refractivity contribution in [1.29, 1.82) is 0 Å². The van der Waals surface area contributed by atoms with Gasteiger partial charge in [-0.2, -0.15) is 0 Å². The number of thiocarbonyl (C=S) groups is 1. The van der Waals surface area contributed by atoms with E-state index in [1.807, 2.05) is 24.3 Å². The second kappa shape index (κ2) is 3.93. The van der Waals surface area contributed by atoms with Crippen LogP contribution in [0.15, 0.2) is 24.3 Å². The fourth-order valence-corrected chi connectivity index (χ4v) is 0.878. The Balaban J connectivity index is 2.82. The predicted octanol–water partition coefficient (Wildman–Crippen LogP) is 1.94. The van der Waals surface area contributed by atoms with Gasteiger partial charge in [-0.05, 0) is 12.1 Å². The van der Waals surface area contributed by atoms with E-state index in [1.165, 1.54) is 0 Å². The third-order valence-electron chi connectivity index (χ3n) is 1.27. The molecule has 0 spiro atoms. The van der Waals surface area contributed by atoms with Gasteiger partial charge in [-0.3, -0.25) is 0 Å². The van der Waals surface area contributed by atoms with Crippen molar-refractivity contribution in [3.05, 3.63) is 24.3 Å². The standard InChI is InChI=1S/C8H8NOS/c1-10-8-4-2-3-7(5-8)9-6-11/h2-5H,1H3,(H,9,11). The third-order valence-corrected chi connectivity index (χ3v) is 1.37. The molecule has 0 atom stereocenters. The molecule has 0 unspecified atom stereocenters. The minimum Gasteiger partial charge on any atom is -0.497 e. The Kier molecular flexibility index (Phi) is 2.86. The summed E-state index contributed by atoms with van der Waals surface area (Å²) in [4.78, 5) is 0. The van der Waals surface area contributed by atoms with Gasteiger partial charge in [0, 0.05) is 11.8 Å². The van der Waals surface area contributed by atoms with Crippen LogP contribution in [0.2, 0.25) is 0 Å². The van der Waals surface area contributed by atoms with Crippen molar-refractivity contribution < 1.29 is 4.74 Å². The SMILES string of the molecule is COc1cccc(N[C]=S)c1. The predicted molar refractivity (Wildman–Crippen MR) is 49.2 cm³/mol. The fraction of sp³-hybridized carbons (Fsp3) is 0.125. The highest BCUT2D eigenvalue weighted by molar-refractivity contribution is 7.79. The first-order valence-electron chi connectivity index (χ1n) is 3.14. The second-order valence-electron chi connectivity index (χ2n) is 1.96. The first kappa shape index (κ1) is 8.01. The zero-order valence-electron chi connectivity index (χ0n) is 6.13. The molecule has 0 aliphatic rings. The molecule has 11 heavy (non-hydrogen) atoms. The van der Waals surface area contributed by atoms with Crippen LogP contribution in [0.3, 0.4) is 0 Å². The quantitative estimate of drug-likeness (QED) is 0.547. The van der Waals surface area contributed by atoms with Crippen LogP contribution in [0.25, 0.3) is 0 Å². The highest BCUT2D eigenvalue weighted by atomic mass is 32.1. The van der Waals surface area contributed by atoms with Crippen LogP contribution < -0.4 is 10.1 Å². The van der Waals surface area contributed by atoms with Gasteiger partial charge in [0.05, 0.1) is 7.11 Å². The van der Waals surface area contributed by atoms with E-state index in [0.717, 1.165) is 11.4 Å². The minimum atomic E-state index is 0.806. The summed E-state index contributed by atoms with van der Waals surface area (Å²) < 4.78 is 5.00. The lowest BCUT2D eigenvalue weighted by Gasteiger charge is -2.01. The number of rotatable bonds is 3. The summed E-state index contributed by atoms with van der Waals surface area (Å²) in [5, 5.41) is 2.77. The first-order chi connectivity index (χ1) is 5.36. The normalized spacial score (nSPS) is 8.82. The number of benzene rings is 1. The maximum Gasteiger partial charge on any atom is 0.138 e. The zero-order valence-corrected chi connectivity index (χ0v) is 6.94. The van der Waals surface area contributed by atoms with E-state index in [9.17, 15) is 0 Å². The number of methoxy groups -OCH3 is 1. The Labute approximate surface area is 71.2 Å². The number of hydrogen-bond acceptors (Lipinski definition) is 2. The van der Waals surface area contributed by atoms with E-state index in [-0.39, 0.29) is 0 Å². The van der Waals surface area contributed by atoms with Crippen molar-refractivity contribution in [2.45, 2.75) is 0 Å². The summed E-state index contributed by atoms with van der Waals surface area (Å²) in [5.74, 6) is 0.806. The van der Waals surface area contributed by atoms with Gasteiger partial charge in [-0.25, -0.2) is 0 Å². The smallest absolute Gasteiger partial charge is 0.138 e. The molecule has 0 aromatic heterocycles. The summed E-state index contributed by atoms with van der Waals surface area (Å²) in [5.41, 5.74) is 3.30. The maximum atomic E-state index is 5.00. The molecule has 3 heteroatoms. The summed E-state index contributed by atoms with van der Waals surface area (Å²) in [7, 11) is 1.63. The molecule has 1 radical (unpaired) electrons. The van der Waals surface area contributed by atoms with Crippen LogP contribution in [-0.4, -0.2) is 12.6 Å². The van der Waals surface area contributed by atoms with E-state index < -0.39 is 0 Å². The molecular weight excluding hydrogens is 158 g/mol. The van der Waals surface area contributed by atoms with Crippen LogP contribution in [0.1, 0.15) is 0 Å². The monoisotopic (exact) mass is 166 g/mol. The molecule has 1 aromatic rings. The van der Waals surface area contributed by atoms with Crippen molar-refractivity contribution in [3.8, 4) is 5.75 Å². The van der Waals surface area contributed by atoms with Crippen molar-refractivity contribution in [3.63, 3.8) is 0 Å². The summed E-state index contributed by atoms with van der Waals surface area (Å²) in [6.45, 7) is 0. The molecule has 0 saturated carbocycles. The molecule has 0 aliphatic heterocycles. The van der Waals surface area contributed by atoms with Gasteiger partial charge >= 0.3 is 0 Å². The average Bonchev–Trinajstić information content (AvgIpc) is 2.06. The Hall–Kier alpha value is -1.09. The zero-order chi connectivity index (χ0) is 8.10. The molecule has 1 N–H and O–H groups in total. The Morgan fingerprint density at radius 1 is 1.55 bits per heavy atom. The topological polar surface area (TPSA) is 21.3 Å². The summed E-state index contributed by atoms with van der Waals surface area (Å²) >= 11 is 4.51. The molecular formula is C8H8NOS. The van der Waals surface area contributed by atoms with E-state index >= 15 is 0 Å². The number of nitrogens with one attached hydrogen (secondary N) is 1. The van der Waals surface area contributed by atoms with Crippen LogP contribution in [0, 0.1) is 0 Å². The Bertz CT molecular complexity index is 250. The lowest BCUT2D eigenvalue weighted by molar-refractivity contribution is 0.415. The van der Waals surface area contributed by atoms with Gasteiger partial charge in [0.2, 0.25) is 0 Å². The highest BCUT2D eigenvalue weighted by Crippen LogP contribution is 2.15. The van der Waals surface area contributed by atoms with Gasteiger partial charge in [0.1, 0.15) is 11.2 Å². The maximum absolute atomic E-state index is 5.00. The van der Waals surface area contributed by atoms with Crippen LogP contribution in [-0.2, 0) is 0 Å². The fourth-order valence-electron chi connectivity index (χ4n) is 0.760. The minimum absolute atomic E-state index is 0.806. The van der Waals surface area contributed by atoms with Crippen molar-refractivity contribution in [2.75, 3.05) is 12.4 Å². The molecule has 0 amide bonds. The molecule has 0 heterocycles. The first-order valence-corrected chi connectivity index (χ1v) is 3.55. The van der Waals surface area contributed by atoms with E-state index in [0.29, 0.717) is 0 Å². The number of anilines is 1. The lowest BCUT2D eigenvalue weighted by Crippen LogP contribution is -1.91. The Morgan fingerprint density at radius 2 is 2.36 bits per heavy atom. The van der Waals surface area contributed by atoms with Crippen molar-refractivity contribution in [1.82, 2.24) is 0 Å². The summed E-state index contributed by atoms with van der Waals surface area (Å²) in [6.07, 6.45) is 0. The molecule has 0 fully saturated rings. The number of ether oxygens (including phenoxy) is 1. The van der Waals surface area contributed by atoms with Gasteiger partial charge in [0.15, 0.2) is 0 Å². The Morgan fingerprint density at radius 3 is 3.00 bits per heavy atom. The van der Waals surface area contributed by atoms with E-state index in [1.54, 1.807) is 7.11 Å². The molecule has 57 valence electrons. The molecule has 1 aromatic carbocycles. The molecule has 1 rings (SSSR count). The van der Waals surface area contributed by atoms with E-state index in [4.69, 9.17) is 4.74 Å². The van der Waals surface area contributed by atoms with Crippen LogP contribution in [0.4, 0.5) is 5.69 Å². The van der Waals surface area contributed by atoms with Crippen LogP contribution in [0.5, 0.6) is 5.75 Å². The molecule has 0 bridgehead atoms. The molecule has 2 nitrogen and oxygen atoms in total. The largest absolute Gasteiger partial charge is 0.497 e. The third kappa shape index (κ3) is 2.20. The molecule has 0 aliphatic carbocycles. The second-order valence-corrected chi connectivity index (χ2v) is 2.16. The van der Waals surface area contributed by atoms with Crippen molar-refractivity contribution >= 4 is 23.4 Å². The van der Waals surface area contributed by atoms with Gasteiger partial charge in [-0.1, -0.05) is 18.3 Å². The molecule has 0 saturated heterocycles. The van der Waals surface area contributed by atoms with E-state index in [2.05, 4.69) is 23.0 Å². The average molecular weight is 166 g/mol. The van der Waals surface area contributed by atoms with Crippen molar-refractivity contribution in [2.24, 2.45) is 0 Å². The summed E-state index contributed by atoms with van der Waals surface area (Å²) in [6, 6.07) is 7.49. The highest BCUT2D eigenvalue weighted by Gasteiger charge is 1.91. The van der Waals surface area contributed by atoms with Gasteiger partial charge < -0.3 is 10.1 Å². The lowest BCUT2D eigenvalue weighted by atomic mass is 10.3. The van der Waals surface area contributed by atoms with Gasteiger partial charge in [-0.15, -0.1) is 0 Å². The van der Waals surface area contributed by atoms with Crippen LogP contribution >= 0.6 is 12.2 Å². The van der Waals surface area contributed by atoms with Gasteiger partial charge in [0.25, 0.3) is 0 Å².